The standard InChI is InChI=1S/C13H17N3O4/c1-14-4-6-16(7-5-14)12(18)9-15-3-2-11(17)10(8-15)13(19)20/h2-3,8H,4-7,9H2,1H3,(H,19,20). The SMILES string of the molecule is CN1CCN(C(=O)Cn2ccc(=O)c(C(=O)O)c2)CC1. The summed E-state index contributed by atoms with van der Waals surface area (Å²) in [5.41, 5.74) is -0.875. The Hall–Kier alpha value is -2.15. The molecule has 108 valence electrons. The monoisotopic (exact) mass is 279 g/mol. The maximum absolute atomic E-state index is 12.1. The number of carboxylic acids is 1. The van der Waals surface area contributed by atoms with Crippen molar-refractivity contribution < 1.29 is 14.7 Å². The zero-order chi connectivity index (χ0) is 14.7. The van der Waals surface area contributed by atoms with Crippen molar-refractivity contribution in [3.63, 3.8) is 0 Å². The molecule has 1 aromatic heterocycles. The van der Waals surface area contributed by atoms with Gasteiger partial charge in [-0.05, 0) is 7.05 Å². The number of aromatic nitrogens is 1. The second-order valence-corrected chi connectivity index (χ2v) is 4.88. The van der Waals surface area contributed by atoms with Crippen LogP contribution in [-0.4, -0.2) is 64.6 Å². The lowest BCUT2D eigenvalue weighted by molar-refractivity contribution is -0.133. The van der Waals surface area contributed by atoms with Gasteiger partial charge in [0.15, 0.2) is 5.43 Å². The van der Waals surface area contributed by atoms with Gasteiger partial charge in [0.25, 0.3) is 0 Å². The van der Waals surface area contributed by atoms with Gasteiger partial charge in [0.2, 0.25) is 5.91 Å². The Bertz CT molecular complexity index is 573. The largest absolute Gasteiger partial charge is 0.477 e. The molecular formula is C13H17N3O4. The van der Waals surface area contributed by atoms with E-state index in [1.807, 2.05) is 7.05 Å². The molecular weight excluding hydrogens is 262 g/mol. The minimum Gasteiger partial charge on any atom is -0.477 e. The Morgan fingerprint density at radius 2 is 1.90 bits per heavy atom. The molecule has 1 aromatic rings. The predicted molar refractivity (Wildman–Crippen MR) is 71.7 cm³/mol. The van der Waals surface area contributed by atoms with Gasteiger partial charge in [-0.1, -0.05) is 0 Å². The van der Waals surface area contributed by atoms with Crippen molar-refractivity contribution in [3.05, 3.63) is 34.2 Å². The lowest BCUT2D eigenvalue weighted by atomic mass is 10.2. The number of nitrogens with zero attached hydrogens (tertiary/aromatic N) is 3. The summed E-state index contributed by atoms with van der Waals surface area (Å²) in [6.45, 7) is 3.04. The molecule has 1 aliphatic heterocycles. The highest BCUT2D eigenvalue weighted by Gasteiger charge is 2.19. The number of likely N-dealkylation sites (N-methyl/N-ethyl adjacent to an activating group) is 1. The van der Waals surface area contributed by atoms with Crippen LogP contribution >= 0.6 is 0 Å². The first-order valence-corrected chi connectivity index (χ1v) is 6.37. The van der Waals surface area contributed by atoms with Crippen LogP contribution in [0.4, 0.5) is 0 Å². The maximum atomic E-state index is 12.1. The van der Waals surface area contributed by atoms with Crippen LogP contribution in [0, 0.1) is 0 Å². The summed E-state index contributed by atoms with van der Waals surface area (Å²) >= 11 is 0. The molecule has 1 saturated heterocycles. The zero-order valence-corrected chi connectivity index (χ0v) is 11.3. The fraction of sp³-hybridized carbons (Fsp3) is 0.462. The first-order chi connectivity index (χ1) is 9.47. The summed E-state index contributed by atoms with van der Waals surface area (Å²) in [7, 11) is 2.00. The summed E-state index contributed by atoms with van der Waals surface area (Å²) in [6, 6.07) is 1.17. The number of piperazine rings is 1. The van der Waals surface area contributed by atoms with Crippen molar-refractivity contribution in [2.45, 2.75) is 6.54 Å². The second kappa shape index (κ2) is 5.87. The van der Waals surface area contributed by atoms with Gasteiger partial charge in [-0.3, -0.25) is 9.59 Å². The number of aromatic carboxylic acids is 1. The Kier molecular flexibility index (Phi) is 4.19. The average Bonchev–Trinajstić information content (AvgIpc) is 2.41. The Morgan fingerprint density at radius 3 is 2.50 bits per heavy atom. The van der Waals surface area contributed by atoms with Crippen molar-refractivity contribution in [3.8, 4) is 0 Å². The summed E-state index contributed by atoms with van der Waals surface area (Å²) in [5.74, 6) is -1.35. The van der Waals surface area contributed by atoms with Crippen LogP contribution < -0.4 is 5.43 Å². The summed E-state index contributed by atoms with van der Waals surface area (Å²) in [5, 5.41) is 8.89. The zero-order valence-electron chi connectivity index (χ0n) is 11.3. The first kappa shape index (κ1) is 14.3. The van der Waals surface area contributed by atoms with Gasteiger partial charge in [-0.15, -0.1) is 0 Å². The third-order valence-electron chi connectivity index (χ3n) is 3.38. The van der Waals surface area contributed by atoms with E-state index in [9.17, 15) is 14.4 Å². The number of carboxylic acid groups (broad SMARTS) is 1. The third-order valence-corrected chi connectivity index (χ3v) is 3.38. The lowest BCUT2D eigenvalue weighted by Crippen LogP contribution is -2.48. The highest BCUT2D eigenvalue weighted by atomic mass is 16.4. The van der Waals surface area contributed by atoms with Crippen LogP contribution in [0.5, 0.6) is 0 Å². The molecule has 0 bridgehead atoms. The van der Waals surface area contributed by atoms with Crippen LogP contribution in [0.25, 0.3) is 0 Å². The number of amides is 1. The molecule has 0 radical (unpaired) electrons. The number of carbonyl (C=O) groups is 2. The van der Waals surface area contributed by atoms with E-state index >= 15 is 0 Å². The minimum absolute atomic E-state index is 0.0459. The number of hydrogen-bond donors (Lipinski definition) is 1. The predicted octanol–water partition coefficient (Wildman–Crippen LogP) is -0.679. The Labute approximate surface area is 116 Å². The minimum atomic E-state index is -1.28. The fourth-order valence-electron chi connectivity index (χ4n) is 2.10. The molecule has 0 aliphatic carbocycles. The molecule has 20 heavy (non-hydrogen) atoms. The summed E-state index contributed by atoms with van der Waals surface area (Å²) in [4.78, 5) is 38.2. The molecule has 1 N–H and O–H groups in total. The molecule has 1 amide bonds. The second-order valence-electron chi connectivity index (χ2n) is 4.88. The van der Waals surface area contributed by atoms with Crippen molar-refractivity contribution in [2.75, 3.05) is 33.2 Å². The van der Waals surface area contributed by atoms with E-state index in [2.05, 4.69) is 4.90 Å². The van der Waals surface area contributed by atoms with Gasteiger partial charge in [-0.25, -0.2) is 4.79 Å². The molecule has 2 heterocycles. The highest BCUT2D eigenvalue weighted by molar-refractivity contribution is 5.87. The van der Waals surface area contributed by atoms with Gasteiger partial charge in [-0.2, -0.15) is 0 Å². The van der Waals surface area contributed by atoms with Crippen molar-refractivity contribution in [1.82, 2.24) is 14.4 Å². The highest BCUT2D eigenvalue weighted by Crippen LogP contribution is 2.02. The molecule has 0 unspecified atom stereocenters. The van der Waals surface area contributed by atoms with E-state index in [1.165, 1.54) is 23.0 Å². The van der Waals surface area contributed by atoms with Gasteiger partial charge < -0.3 is 19.5 Å². The molecule has 1 aliphatic rings. The van der Waals surface area contributed by atoms with E-state index in [0.717, 1.165) is 13.1 Å². The fourth-order valence-corrected chi connectivity index (χ4v) is 2.10. The van der Waals surface area contributed by atoms with E-state index in [4.69, 9.17) is 5.11 Å². The molecule has 0 saturated carbocycles. The number of carbonyl (C=O) groups excluding carboxylic acids is 1. The van der Waals surface area contributed by atoms with Crippen molar-refractivity contribution >= 4 is 11.9 Å². The van der Waals surface area contributed by atoms with Crippen LogP contribution in [0.3, 0.4) is 0 Å². The molecule has 0 aromatic carbocycles. The summed E-state index contributed by atoms with van der Waals surface area (Å²) in [6.07, 6.45) is 2.64. The van der Waals surface area contributed by atoms with E-state index in [0.29, 0.717) is 13.1 Å². The molecule has 0 atom stereocenters. The number of pyridine rings is 1. The quantitative estimate of drug-likeness (QED) is 0.792. The van der Waals surface area contributed by atoms with E-state index in [1.54, 1.807) is 4.90 Å². The van der Waals surface area contributed by atoms with Gasteiger partial charge in [0.05, 0.1) is 0 Å². The average molecular weight is 279 g/mol. The van der Waals surface area contributed by atoms with Crippen molar-refractivity contribution in [2.24, 2.45) is 0 Å². The van der Waals surface area contributed by atoms with Crippen LogP contribution in [0.15, 0.2) is 23.3 Å². The maximum Gasteiger partial charge on any atom is 0.341 e. The Balaban J connectivity index is 2.06. The van der Waals surface area contributed by atoms with Crippen LogP contribution in [0.2, 0.25) is 0 Å². The summed E-state index contributed by atoms with van der Waals surface area (Å²) < 4.78 is 1.44. The smallest absolute Gasteiger partial charge is 0.341 e. The van der Waals surface area contributed by atoms with Gasteiger partial charge in [0, 0.05) is 44.6 Å². The van der Waals surface area contributed by atoms with Crippen LogP contribution in [-0.2, 0) is 11.3 Å². The number of hydrogen-bond acceptors (Lipinski definition) is 4. The molecule has 7 nitrogen and oxygen atoms in total. The molecule has 1 fully saturated rings. The Morgan fingerprint density at radius 1 is 1.25 bits per heavy atom. The van der Waals surface area contributed by atoms with Gasteiger partial charge in [0.1, 0.15) is 12.1 Å². The van der Waals surface area contributed by atoms with Crippen molar-refractivity contribution in [1.29, 1.82) is 0 Å². The van der Waals surface area contributed by atoms with Crippen LogP contribution in [0.1, 0.15) is 10.4 Å². The molecule has 7 heteroatoms. The third kappa shape index (κ3) is 3.24. The first-order valence-electron chi connectivity index (χ1n) is 6.37. The topological polar surface area (TPSA) is 82.8 Å². The van der Waals surface area contributed by atoms with E-state index < -0.39 is 11.4 Å². The normalized spacial score (nSPS) is 16.1. The van der Waals surface area contributed by atoms with E-state index in [-0.39, 0.29) is 18.0 Å². The molecule has 0 spiro atoms. The lowest BCUT2D eigenvalue weighted by Gasteiger charge is -2.32. The van der Waals surface area contributed by atoms with Gasteiger partial charge >= 0.3 is 5.97 Å². The molecule has 2 rings (SSSR count). The number of rotatable bonds is 3.